The lowest BCUT2D eigenvalue weighted by molar-refractivity contribution is -0.384. The molecule has 31 heavy (non-hydrogen) atoms. The first kappa shape index (κ1) is 23.2. The van der Waals surface area contributed by atoms with E-state index < -0.39 is 14.9 Å². The van der Waals surface area contributed by atoms with Crippen molar-refractivity contribution in [3.63, 3.8) is 0 Å². The zero-order valence-corrected chi connectivity index (χ0v) is 18.6. The average Bonchev–Trinajstić information content (AvgIpc) is 3.08. The summed E-state index contributed by atoms with van der Waals surface area (Å²) in [5, 5.41) is 18.5. The van der Waals surface area contributed by atoms with E-state index in [1.54, 1.807) is 10.9 Å². The lowest BCUT2D eigenvalue weighted by Gasteiger charge is -2.30. The second-order valence-electron chi connectivity index (χ2n) is 7.40. The van der Waals surface area contributed by atoms with E-state index in [0.29, 0.717) is 37.4 Å². The van der Waals surface area contributed by atoms with Crippen LogP contribution in [0, 0.1) is 23.0 Å². The minimum atomic E-state index is -3.75. The first-order valence-corrected chi connectivity index (χ1v) is 11.7. The molecule has 0 radical (unpaired) electrons. The lowest BCUT2D eigenvalue weighted by atomic mass is 9.97. The molecule has 1 aliphatic heterocycles. The van der Waals surface area contributed by atoms with Gasteiger partial charge in [0.05, 0.1) is 20.5 Å². The van der Waals surface area contributed by atoms with Gasteiger partial charge in [0.2, 0.25) is 15.9 Å². The molecule has 1 amide bonds. The van der Waals surface area contributed by atoms with E-state index in [0.717, 1.165) is 5.69 Å². The number of hydrogen-bond donors (Lipinski definition) is 1. The molecular formula is C19H24ClN5O5S. The third-order valence-corrected chi connectivity index (χ3v) is 7.54. The SMILES string of the molecule is Cc1nn(CCCNC(=O)C2CCN(S(=O)(=O)c3ccc([N+](=O)[O-])cc3)CC2)cc1Cl. The first-order chi connectivity index (χ1) is 14.7. The molecule has 10 nitrogen and oxygen atoms in total. The Morgan fingerprint density at radius 3 is 2.48 bits per heavy atom. The molecule has 168 valence electrons. The summed E-state index contributed by atoms with van der Waals surface area (Å²) in [6.45, 7) is 3.41. The Hall–Kier alpha value is -2.50. The summed E-state index contributed by atoms with van der Waals surface area (Å²) < 4.78 is 28.6. The molecule has 1 aliphatic rings. The van der Waals surface area contributed by atoms with E-state index in [2.05, 4.69) is 10.4 Å². The molecule has 0 unspecified atom stereocenters. The number of piperidine rings is 1. The van der Waals surface area contributed by atoms with Crippen molar-refractivity contribution < 1.29 is 18.1 Å². The van der Waals surface area contributed by atoms with Gasteiger partial charge in [-0.15, -0.1) is 0 Å². The summed E-state index contributed by atoms with van der Waals surface area (Å²) in [6.07, 6.45) is 3.30. The number of nitrogens with one attached hydrogen (secondary N) is 1. The van der Waals surface area contributed by atoms with Gasteiger partial charge in [0.15, 0.2) is 0 Å². The number of carbonyl (C=O) groups is 1. The van der Waals surface area contributed by atoms with Crippen molar-refractivity contribution >= 4 is 33.2 Å². The number of non-ortho nitro benzene ring substituents is 1. The number of rotatable bonds is 8. The number of benzene rings is 1. The Morgan fingerprint density at radius 1 is 1.29 bits per heavy atom. The highest BCUT2D eigenvalue weighted by molar-refractivity contribution is 7.89. The molecular weight excluding hydrogens is 446 g/mol. The van der Waals surface area contributed by atoms with Crippen LogP contribution in [-0.2, 0) is 21.4 Å². The Kier molecular flexibility index (Phi) is 7.29. The largest absolute Gasteiger partial charge is 0.356 e. The molecule has 1 aromatic heterocycles. The molecule has 1 aromatic carbocycles. The standard InChI is InChI=1S/C19H24ClN5O5S/c1-14-18(20)13-23(22-14)10-2-9-21-19(26)15-7-11-24(12-8-15)31(29,30)17-5-3-16(4-6-17)25(27)28/h3-6,13,15H,2,7-12H2,1H3,(H,21,26). The summed E-state index contributed by atoms with van der Waals surface area (Å²) >= 11 is 5.97. The van der Waals surface area contributed by atoms with Gasteiger partial charge in [-0.25, -0.2) is 8.42 Å². The molecule has 2 aromatic rings. The molecule has 0 aliphatic carbocycles. The smallest absolute Gasteiger partial charge is 0.269 e. The summed E-state index contributed by atoms with van der Waals surface area (Å²) in [5.74, 6) is -0.327. The molecule has 0 saturated carbocycles. The zero-order chi connectivity index (χ0) is 22.6. The number of halogens is 1. The maximum atomic E-state index is 12.8. The number of nitrogens with zero attached hydrogens (tertiary/aromatic N) is 4. The highest BCUT2D eigenvalue weighted by atomic mass is 35.5. The van der Waals surface area contributed by atoms with Crippen molar-refractivity contribution in [3.8, 4) is 0 Å². The Balaban J connectivity index is 1.45. The van der Waals surface area contributed by atoms with Gasteiger partial charge in [-0.05, 0) is 38.3 Å². The topological polar surface area (TPSA) is 127 Å². The molecule has 1 saturated heterocycles. The second kappa shape index (κ2) is 9.75. The minimum Gasteiger partial charge on any atom is -0.356 e. The van der Waals surface area contributed by atoms with E-state index in [1.165, 1.54) is 28.6 Å². The van der Waals surface area contributed by atoms with Gasteiger partial charge in [0, 0.05) is 50.4 Å². The predicted molar refractivity (Wildman–Crippen MR) is 114 cm³/mol. The Morgan fingerprint density at radius 2 is 1.94 bits per heavy atom. The minimum absolute atomic E-state index is 0.00923. The van der Waals surface area contributed by atoms with Gasteiger partial charge in [0.1, 0.15) is 0 Å². The normalized spacial score (nSPS) is 15.7. The average molecular weight is 470 g/mol. The van der Waals surface area contributed by atoms with Gasteiger partial charge < -0.3 is 5.32 Å². The van der Waals surface area contributed by atoms with E-state index in [4.69, 9.17) is 11.6 Å². The van der Waals surface area contributed by atoms with Gasteiger partial charge in [-0.2, -0.15) is 9.40 Å². The highest BCUT2D eigenvalue weighted by Crippen LogP contribution is 2.25. The van der Waals surface area contributed by atoms with E-state index in [-0.39, 0.29) is 35.5 Å². The Bertz CT molecular complexity index is 1030. The fourth-order valence-corrected chi connectivity index (χ4v) is 5.07. The molecule has 3 rings (SSSR count). The van der Waals surface area contributed by atoms with E-state index in [9.17, 15) is 23.3 Å². The van der Waals surface area contributed by atoms with Crippen LogP contribution in [0.4, 0.5) is 5.69 Å². The number of amides is 1. The maximum absolute atomic E-state index is 12.8. The number of carbonyl (C=O) groups excluding carboxylic acids is 1. The predicted octanol–water partition coefficient (Wildman–Crippen LogP) is 2.36. The molecule has 0 atom stereocenters. The number of hydrogen-bond acceptors (Lipinski definition) is 6. The van der Waals surface area contributed by atoms with Crippen LogP contribution in [0.1, 0.15) is 25.0 Å². The molecule has 1 fully saturated rings. The fraction of sp³-hybridized carbons (Fsp3) is 0.474. The van der Waals surface area contributed by atoms with Crippen molar-refractivity contribution in [2.75, 3.05) is 19.6 Å². The van der Waals surface area contributed by atoms with Crippen molar-refractivity contribution in [2.24, 2.45) is 5.92 Å². The maximum Gasteiger partial charge on any atom is 0.269 e. The number of nitro groups is 1. The third-order valence-electron chi connectivity index (χ3n) is 5.26. The summed E-state index contributed by atoms with van der Waals surface area (Å²) in [4.78, 5) is 22.6. The van der Waals surface area contributed by atoms with Gasteiger partial charge >= 0.3 is 0 Å². The third kappa shape index (κ3) is 5.60. The van der Waals surface area contributed by atoms with Crippen LogP contribution in [0.5, 0.6) is 0 Å². The number of sulfonamides is 1. The van der Waals surface area contributed by atoms with Crippen LogP contribution in [0.15, 0.2) is 35.4 Å². The molecule has 0 bridgehead atoms. The second-order valence-corrected chi connectivity index (χ2v) is 9.74. The van der Waals surface area contributed by atoms with Crippen molar-refractivity contribution in [3.05, 3.63) is 51.3 Å². The lowest BCUT2D eigenvalue weighted by Crippen LogP contribution is -2.43. The summed E-state index contributed by atoms with van der Waals surface area (Å²) in [6, 6.07) is 4.82. The molecule has 1 N–H and O–H groups in total. The van der Waals surface area contributed by atoms with Crippen LogP contribution in [0.2, 0.25) is 5.02 Å². The number of aryl methyl sites for hydroxylation is 2. The quantitative estimate of drug-likeness (QED) is 0.359. The van der Waals surface area contributed by atoms with Gasteiger partial charge in [-0.3, -0.25) is 19.6 Å². The zero-order valence-electron chi connectivity index (χ0n) is 17.0. The van der Waals surface area contributed by atoms with Crippen molar-refractivity contribution in [1.82, 2.24) is 19.4 Å². The van der Waals surface area contributed by atoms with Crippen LogP contribution >= 0.6 is 11.6 Å². The molecule has 0 spiro atoms. The molecule has 12 heteroatoms. The number of nitro benzene ring substituents is 1. The molecule has 2 heterocycles. The van der Waals surface area contributed by atoms with Crippen molar-refractivity contribution in [1.29, 1.82) is 0 Å². The van der Waals surface area contributed by atoms with Crippen LogP contribution in [0.25, 0.3) is 0 Å². The monoisotopic (exact) mass is 469 g/mol. The summed E-state index contributed by atoms with van der Waals surface area (Å²) in [7, 11) is -3.75. The van der Waals surface area contributed by atoms with Crippen LogP contribution in [-0.4, -0.2) is 53.0 Å². The fourth-order valence-electron chi connectivity index (χ4n) is 3.45. The van der Waals surface area contributed by atoms with E-state index >= 15 is 0 Å². The Labute approximate surface area is 185 Å². The van der Waals surface area contributed by atoms with Crippen molar-refractivity contribution in [2.45, 2.75) is 37.6 Å². The van der Waals surface area contributed by atoms with Crippen LogP contribution < -0.4 is 5.32 Å². The van der Waals surface area contributed by atoms with Gasteiger partial charge in [-0.1, -0.05) is 11.6 Å². The number of aromatic nitrogens is 2. The summed E-state index contributed by atoms with van der Waals surface area (Å²) in [5.41, 5.74) is 0.598. The van der Waals surface area contributed by atoms with Crippen LogP contribution in [0.3, 0.4) is 0 Å². The van der Waals surface area contributed by atoms with Gasteiger partial charge in [0.25, 0.3) is 5.69 Å². The first-order valence-electron chi connectivity index (χ1n) is 9.90. The van der Waals surface area contributed by atoms with E-state index in [1.807, 2.05) is 6.92 Å². The highest BCUT2D eigenvalue weighted by Gasteiger charge is 2.32.